The summed E-state index contributed by atoms with van der Waals surface area (Å²) in [6, 6.07) is 3.44. The van der Waals surface area contributed by atoms with E-state index in [1.54, 1.807) is 13.2 Å². The van der Waals surface area contributed by atoms with Gasteiger partial charge in [-0.3, -0.25) is 0 Å². The van der Waals surface area contributed by atoms with E-state index < -0.39 is 0 Å². The van der Waals surface area contributed by atoms with E-state index in [1.807, 2.05) is 0 Å². The predicted molar refractivity (Wildman–Crippen MR) is 61.9 cm³/mol. The molecule has 0 bridgehead atoms. The Labute approximate surface area is 96.1 Å². The summed E-state index contributed by atoms with van der Waals surface area (Å²) in [6.07, 6.45) is 0. The Hall–Kier alpha value is -0.810. The van der Waals surface area contributed by atoms with Crippen LogP contribution in [-0.4, -0.2) is 26.3 Å². The summed E-state index contributed by atoms with van der Waals surface area (Å²) in [6.45, 7) is 1.36. The summed E-state index contributed by atoms with van der Waals surface area (Å²) in [5.41, 5.74) is 1.69. The highest BCUT2D eigenvalue weighted by atomic mass is 79.9. The van der Waals surface area contributed by atoms with Crippen molar-refractivity contribution in [3.05, 3.63) is 22.4 Å². The molecule has 2 N–H and O–H groups in total. The second-order valence-corrected chi connectivity index (χ2v) is 4.34. The van der Waals surface area contributed by atoms with E-state index in [4.69, 9.17) is 4.74 Å². The largest absolute Gasteiger partial charge is 0.382 e. The molecule has 82 valence electrons. The fraction of sp³-hybridized carbons (Fsp3) is 0.400. The van der Waals surface area contributed by atoms with Crippen molar-refractivity contribution < 1.29 is 9.13 Å². The average molecular weight is 275 g/mol. The van der Waals surface area contributed by atoms with Crippen molar-refractivity contribution in [1.29, 1.82) is 0 Å². The summed E-state index contributed by atoms with van der Waals surface area (Å²) < 4.78 is 18.7. The van der Waals surface area contributed by atoms with Crippen LogP contribution in [0.5, 0.6) is 0 Å². The van der Waals surface area contributed by atoms with Gasteiger partial charge in [0.25, 0.3) is 0 Å². The zero-order valence-corrected chi connectivity index (χ0v) is 9.90. The molecule has 1 atom stereocenters. The van der Waals surface area contributed by atoms with Crippen molar-refractivity contribution in [2.75, 3.05) is 30.9 Å². The van der Waals surface area contributed by atoms with Gasteiger partial charge in [-0.15, -0.1) is 0 Å². The Morgan fingerprint density at radius 2 is 2.33 bits per heavy atom. The molecule has 1 aliphatic heterocycles. The standard InChI is InChI=1S/C10H12BrFN2O/c1-15-5-6-4-13-9-3-8(12)7(11)2-10(9)14-6/h2-3,6,13-14H,4-5H2,1H3. The molecule has 3 nitrogen and oxygen atoms in total. The van der Waals surface area contributed by atoms with Gasteiger partial charge in [0, 0.05) is 19.7 Å². The Kier molecular flexibility index (Phi) is 3.11. The van der Waals surface area contributed by atoms with Crippen LogP contribution < -0.4 is 10.6 Å². The molecule has 15 heavy (non-hydrogen) atoms. The number of halogens is 2. The van der Waals surface area contributed by atoms with Crippen molar-refractivity contribution in [2.45, 2.75) is 6.04 Å². The first-order valence-electron chi connectivity index (χ1n) is 4.69. The number of hydrogen-bond acceptors (Lipinski definition) is 3. The second-order valence-electron chi connectivity index (χ2n) is 3.49. The maximum absolute atomic E-state index is 13.2. The fourth-order valence-electron chi connectivity index (χ4n) is 1.62. The van der Waals surface area contributed by atoms with Crippen LogP contribution in [0.1, 0.15) is 0 Å². The molecule has 1 unspecified atom stereocenters. The minimum Gasteiger partial charge on any atom is -0.382 e. The highest BCUT2D eigenvalue weighted by Gasteiger charge is 2.18. The monoisotopic (exact) mass is 274 g/mol. The van der Waals surface area contributed by atoms with Crippen LogP contribution in [0.25, 0.3) is 0 Å². The van der Waals surface area contributed by atoms with Gasteiger partial charge in [0.05, 0.1) is 28.5 Å². The number of fused-ring (bicyclic) bond motifs is 1. The van der Waals surface area contributed by atoms with Crippen molar-refractivity contribution in [3.63, 3.8) is 0 Å². The van der Waals surface area contributed by atoms with E-state index in [1.165, 1.54) is 6.07 Å². The molecule has 1 aliphatic rings. The Bertz CT molecular complexity index is 373. The van der Waals surface area contributed by atoms with Crippen LogP contribution >= 0.6 is 15.9 Å². The quantitative estimate of drug-likeness (QED) is 0.869. The van der Waals surface area contributed by atoms with Gasteiger partial charge in [0.15, 0.2) is 0 Å². The Morgan fingerprint density at radius 3 is 3.07 bits per heavy atom. The summed E-state index contributed by atoms with van der Waals surface area (Å²) in [5, 5.41) is 6.44. The molecule has 0 amide bonds. The van der Waals surface area contributed by atoms with Crippen molar-refractivity contribution in [1.82, 2.24) is 0 Å². The van der Waals surface area contributed by atoms with E-state index in [0.29, 0.717) is 11.1 Å². The van der Waals surface area contributed by atoms with Gasteiger partial charge in [-0.25, -0.2) is 4.39 Å². The minimum absolute atomic E-state index is 0.222. The van der Waals surface area contributed by atoms with Gasteiger partial charge in [0.1, 0.15) is 5.82 Å². The molecule has 1 aromatic rings. The van der Waals surface area contributed by atoms with Crippen LogP contribution in [-0.2, 0) is 4.74 Å². The lowest BCUT2D eigenvalue weighted by Crippen LogP contribution is -2.36. The molecular weight excluding hydrogens is 263 g/mol. The van der Waals surface area contributed by atoms with E-state index in [9.17, 15) is 4.39 Å². The third kappa shape index (κ3) is 2.23. The van der Waals surface area contributed by atoms with E-state index in [0.717, 1.165) is 17.9 Å². The van der Waals surface area contributed by atoms with E-state index in [-0.39, 0.29) is 11.9 Å². The summed E-state index contributed by atoms with van der Waals surface area (Å²) >= 11 is 3.16. The molecule has 0 aromatic heterocycles. The summed E-state index contributed by atoms with van der Waals surface area (Å²) in [4.78, 5) is 0. The zero-order valence-electron chi connectivity index (χ0n) is 8.31. The molecule has 0 spiro atoms. The van der Waals surface area contributed by atoms with Gasteiger partial charge in [-0.2, -0.15) is 0 Å². The molecule has 0 radical (unpaired) electrons. The number of rotatable bonds is 2. The van der Waals surface area contributed by atoms with Gasteiger partial charge in [-0.05, 0) is 22.0 Å². The first kappa shape index (κ1) is 10.7. The molecule has 5 heteroatoms. The van der Waals surface area contributed by atoms with Gasteiger partial charge in [0.2, 0.25) is 0 Å². The van der Waals surface area contributed by atoms with Gasteiger partial charge >= 0.3 is 0 Å². The maximum Gasteiger partial charge on any atom is 0.139 e. The van der Waals surface area contributed by atoms with Gasteiger partial charge in [-0.1, -0.05) is 0 Å². The van der Waals surface area contributed by atoms with Crippen LogP contribution in [0.2, 0.25) is 0 Å². The molecule has 2 rings (SSSR count). The number of nitrogens with one attached hydrogen (secondary N) is 2. The first-order valence-corrected chi connectivity index (χ1v) is 5.48. The van der Waals surface area contributed by atoms with Crippen LogP contribution in [0.3, 0.4) is 0 Å². The Balaban J connectivity index is 2.22. The molecule has 1 heterocycles. The number of benzene rings is 1. The predicted octanol–water partition coefficient (Wildman–Crippen LogP) is 2.44. The molecule has 0 saturated heterocycles. The molecule has 0 fully saturated rings. The van der Waals surface area contributed by atoms with Crippen molar-refractivity contribution in [3.8, 4) is 0 Å². The third-order valence-corrected chi connectivity index (χ3v) is 2.93. The number of anilines is 2. The van der Waals surface area contributed by atoms with Crippen LogP contribution in [0, 0.1) is 5.82 Å². The van der Waals surface area contributed by atoms with Crippen molar-refractivity contribution >= 4 is 27.3 Å². The van der Waals surface area contributed by atoms with E-state index >= 15 is 0 Å². The van der Waals surface area contributed by atoms with Crippen molar-refractivity contribution in [2.24, 2.45) is 0 Å². The number of methoxy groups -OCH3 is 1. The molecule has 1 aromatic carbocycles. The topological polar surface area (TPSA) is 33.3 Å². The smallest absolute Gasteiger partial charge is 0.139 e. The SMILES string of the molecule is COCC1CNc2cc(F)c(Br)cc2N1. The van der Waals surface area contributed by atoms with E-state index in [2.05, 4.69) is 26.6 Å². The average Bonchev–Trinajstić information content (AvgIpc) is 2.21. The summed E-state index contributed by atoms with van der Waals surface area (Å²) in [5.74, 6) is -0.256. The highest BCUT2D eigenvalue weighted by Crippen LogP contribution is 2.31. The second kappa shape index (κ2) is 4.37. The highest BCUT2D eigenvalue weighted by molar-refractivity contribution is 9.10. The molecule has 0 saturated carbocycles. The first-order chi connectivity index (χ1) is 7.20. The normalized spacial score (nSPS) is 19.0. The molecule has 0 aliphatic carbocycles. The summed E-state index contributed by atoms with van der Waals surface area (Å²) in [7, 11) is 1.66. The number of hydrogen-bond donors (Lipinski definition) is 2. The lowest BCUT2D eigenvalue weighted by atomic mass is 10.1. The van der Waals surface area contributed by atoms with Crippen LogP contribution in [0.15, 0.2) is 16.6 Å². The fourth-order valence-corrected chi connectivity index (χ4v) is 1.96. The van der Waals surface area contributed by atoms with Gasteiger partial charge < -0.3 is 15.4 Å². The zero-order chi connectivity index (χ0) is 10.8. The minimum atomic E-state index is -0.256. The van der Waals surface area contributed by atoms with Crippen LogP contribution in [0.4, 0.5) is 15.8 Å². The third-order valence-electron chi connectivity index (χ3n) is 2.33. The number of ether oxygens (including phenoxy) is 1. The molecular formula is C10H12BrFN2O. The lowest BCUT2D eigenvalue weighted by molar-refractivity contribution is 0.188. The maximum atomic E-state index is 13.2. The Morgan fingerprint density at radius 1 is 1.53 bits per heavy atom. The lowest BCUT2D eigenvalue weighted by Gasteiger charge is -2.28.